The van der Waals surface area contributed by atoms with Crippen molar-refractivity contribution in [2.24, 2.45) is 0 Å². The summed E-state index contributed by atoms with van der Waals surface area (Å²) in [6, 6.07) is 14.1. The fraction of sp³-hybridized carbons (Fsp3) is 0.278. The molecule has 0 bridgehead atoms. The molecule has 0 atom stereocenters. The minimum absolute atomic E-state index is 0.0832. The number of carbonyl (C=O) groups is 1. The third-order valence-corrected chi connectivity index (χ3v) is 4.19. The highest BCUT2D eigenvalue weighted by molar-refractivity contribution is 7.98. The molecule has 0 amide bonds. The highest BCUT2D eigenvalue weighted by Gasteiger charge is 2.08. The molecule has 0 unspecified atom stereocenters. The van der Waals surface area contributed by atoms with Crippen molar-refractivity contribution in [3.63, 3.8) is 0 Å². The summed E-state index contributed by atoms with van der Waals surface area (Å²) < 4.78 is 5.66. The molecule has 0 saturated carbocycles. The lowest BCUT2D eigenvalue weighted by molar-refractivity contribution is 0.101. The molecule has 0 N–H and O–H groups in total. The Bertz CT molecular complexity index is 635. The molecule has 0 aliphatic heterocycles. The largest absolute Gasteiger partial charge is 0.494 e. The lowest BCUT2D eigenvalue weighted by Crippen LogP contribution is -1.99. The van der Waals surface area contributed by atoms with Crippen molar-refractivity contribution in [1.82, 2.24) is 0 Å². The molecule has 0 spiro atoms. The molecule has 21 heavy (non-hydrogen) atoms. The van der Waals surface area contributed by atoms with Crippen molar-refractivity contribution in [3.05, 3.63) is 59.2 Å². The van der Waals surface area contributed by atoms with Crippen LogP contribution in [0.15, 0.2) is 47.4 Å². The quantitative estimate of drug-likeness (QED) is 0.561. The van der Waals surface area contributed by atoms with Crippen LogP contribution in [0.5, 0.6) is 5.75 Å². The van der Waals surface area contributed by atoms with Crippen LogP contribution in [0, 0.1) is 6.92 Å². The summed E-state index contributed by atoms with van der Waals surface area (Å²) in [5, 5.41) is 0. The Morgan fingerprint density at radius 2 is 2.00 bits per heavy atom. The van der Waals surface area contributed by atoms with E-state index in [2.05, 4.69) is 31.2 Å². The van der Waals surface area contributed by atoms with Crippen molar-refractivity contribution in [3.8, 4) is 5.75 Å². The van der Waals surface area contributed by atoms with Crippen molar-refractivity contribution >= 4 is 17.5 Å². The summed E-state index contributed by atoms with van der Waals surface area (Å²) in [5.41, 5.74) is 3.05. The average molecular weight is 300 g/mol. The summed E-state index contributed by atoms with van der Waals surface area (Å²) >= 11 is 1.76. The predicted molar refractivity (Wildman–Crippen MR) is 88.4 cm³/mol. The number of Topliss-reactive ketones (excluding diaryl/α,β-unsaturated/α-hetero) is 1. The standard InChI is InChI=1S/C18H20O2S/c1-4-20-18-9-8-15(14(3)19)11-16(18)12-21-17-7-5-6-13(2)10-17/h5-11H,4,12H2,1-3H3. The van der Waals surface area contributed by atoms with Crippen LogP contribution in [0.1, 0.15) is 35.3 Å². The monoisotopic (exact) mass is 300 g/mol. The van der Waals surface area contributed by atoms with Gasteiger partial charge < -0.3 is 4.74 Å². The maximum Gasteiger partial charge on any atom is 0.159 e. The maximum absolute atomic E-state index is 11.5. The fourth-order valence-electron chi connectivity index (χ4n) is 2.07. The van der Waals surface area contributed by atoms with Gasteiger partial charge in [-0.25, -0.2) is 0 Å². The summed E-state index contributed by atoms with van der Waals surface area (Å²) in [6.07, 6.45) is 0. The van der Waals surface area contributed by atoms with E-state index in [4.69, 9.17) is 4.74 Å². The van der Waals surface area contributed by atoms with Gasteiger partial charge in [-0.1, -0.05) is 17.7 Å². The van der Waals surface area contributed by atoms with Crippen LogP contribution in [-0.4, -0.2) is 12.4 Å². The first-order chi connectivity index (χ1) is 10.1. The lowest BCUT2D eigenvalue weighted by Gasteiger charge is -2.11. The van der Waals surface area contributed by atoms with E-state index in [1.807, 2.05) is 25.1 Å². The van der Waals surface area contributed by atoms with E-state index in [0.29, 0.717) is 6.61 Å². The number of hydrogen-bond donors (Lipinski definition) is 0. The van der Waals surface area contributed by atoms with E-state index in [0.717, 1.165) is 22.6 Å². The molecule has 3 heteroatoms. The van der Waals surface area contributed by atoms with Crippen LogP contribution < -0.4 is 4.74 Å². The Morgan fingerprint density at radius 1 is 1.19 bits per heavy atom. The second kappa shape index (κ2) is 7.32. The first-order valence-corrected chi connectivity index (χ1v) is 8.05. The summed E-state index contributed by atoms with van der Waals surface area (Å²) in [6.45, 7) is 6.27. The normalized spacial score (nSPS) is 10.4. The van der Waals surface area contributed by atoms with Gasteiger partial charge in [0.1, 0.15) is 5.75 Å². The van der Waals surface area contributed by atoms with Crippen LogP contribution in [0.3, 0.4) is 0 Å². The zero-order valence-electron chi connectivity index (χ0n) is 12.7. The molecule has 2 aromatic carbocycles. The number of ether oxygens (including phenoxy) is 1. The predicted octanol–water partition coefficient (Wildman–Crippen LogP) is 4.89. The Balaban J connectivity index is 2.20. The van der Waals surface area contributed by atoms with Gasteiger partial charge in [-0.05, 0) is 51.1 Å². The van der Waals surface area contributed by atoms with Crippen molar-refractivity contribution in [2.45, 2.75) is 31.4 Å². The molecule has 0 aliphatic rings. The number of benzene rings is 2. The zero-order chi connectivity index (χ0) is 15.2. The topological polar surface area (TPSA) is 26.3 Å². The summed E-state index contributed by atoms with van der Waals surface area (Å²) in [5.74, 6) is 1.74. The van der Waals surface area contributed by atoms with Gasteiger partial charge in [0.2, 0.25) is 0 Å². The lowest BCUT2D eigenvalue weighted by atomic mass is 10.1. The highest BCUT2D eigenvalue weighted by Crippen LogP contribution is 2.29. The van der Waals surface area contributed by atoms with E-state index in [1.165, 1.54) is 10.5 Å². The number of aryl methyl sites for hydroxylation is 1. The molecule has 0 aliphatic carbocycles. The van der Waals surface area contributed by atoms with Crippen molar-refractivity contribution in [2.75, 3.05) is 6.61 Å². The van der Waals surface area contributed by atoms with Gasteiger partial charge in [-0.3, -0.25) is 4.79 Å². The van der Waals surface area contributed by atoms with Crippen LogP contribution >= 0.6 is 11.8 Å². The molecule has 2 aromatic rings. The van der Waals surface area contributed by atoms with Gasteiger partial charge >= 0.3 is 0 Å². The minimum atomic E-state index is 0.0832. The van der Waals surface area contributed by atoms with Gasteiger partial charge in [0.15, 0.2) is 5.78 Å². The number of ketones is 1. The van der Waals surface area contributed by atoms with E-state index in [1.54, 1.807) is 18.7 Å². The van der Waals surface area contributed by atoms with Crippen LogP contribution in [0.25, 0.3) is 0 Å². The van der Waals surface area contributed by atoms with Crippen LogP contribution in [-0.2, 0) is 5.75 Å². The van der Waals surface area contributed by atoms with Gasteiger partial charge in [0, 0.05) is 21.8 Å². The third-order valence-electron chi connectivity index (χ3n) is 3.15. The second-order valence-corrected chi connectivity index (χ2v) is 5.97. The smallest absolute Gasteiger partial charge is 0.159 e. The maximum atomic E-state index is 11.5. The molecule has 2 nitrogen and oxygen atoms in total. The van der Waals surface area contributed by atoms with Crippen LogP contribution in [0.2, 0.25) is 0 Å². The first kappa shape index (κ1) is 15.6. The first-order valence-electron chi connectivity index (χ1n) is 7.06. The minimum Gasteiger partial charge on any atom is -0.494 e. The third kappa shape index (κ3) is 4.36. The molecule has 0 radical (unpaired) electrons. The van der Waals surface area contributed by atoms with Gasteiger partial charge in [0.05, 0.1) is 6.61 Å². The van der Waals surface area contributed by atoms with Gasteiger partial charge in [-0.15, -0.1) is 11.8 Å². The SMILES string of the molecule is CCOc1ccc(C(C)=O)cc1CSc1cccc(C)c1. The molecular formula is C18H20O2S. The molecule has 0 aromatic heterocycles. The van der Waals surface area contributed by atoms with Gasteiger partial charge in [0.25, 0.3) is 0 Å². The Hall–Kier alpha value is -1.74. The number of thioether (sulfide) groups is 1. The van der Waals surface area contributed by atoms with E-state index < -0.39 is 0 Å². The highest BCUT2D eigenvalue weighted by atomic mass is 32.2. The van der Waals surface area contributed by atoms with Crippen LogP contribution in [0.4, 0.5) is 0 Å². The number of hydrogen-bond acceptors (Lipinski definition) is 3. The van der Waals surface area contributed by atoms with Crippen molar-refractivity contribution in [1.29, 1.82) is 0 Å². The summed E-state index contributed by atoms with van der Waals surface area (Å²) in [4.78, 5) is 12.8. The average Bonchev–Trinajstić information content (AvgIpc) is 2.46. The molecule has 110 valence electrons. The van der Waals surface area contributed by atoms with E-state index in [-0.39, 0.29) is 5.78 Å². The Kier molecular flexibility index (Phi) is 5.45. The molecule has 2 rings (SSSR count). The van der Waals surface area contributed by atoms with E-state index in [9.17, 15) is 4.79 Å². The summed E-state index contributed by atoms with van der Waals surface area (Å²) in [7, 11) is 0. The number of rotatable bonds is 6. The molecular weight excluding hydrogens is 280 g/mol. The molecule has 0 saturated heterocycles. The van der Waals surface area contributed by atoms with Crippen molar-refractivity contribution < 1.29 is 9.53 Å². The Morgan fingerprint density at radius 3 is 2.67 bits per heavy atom. The number of carbonyl (C=O) groups excluding carboxylic acids is 1. The zero-order valence-corrected chi connectivity index (χ0v) is 13.5. The second-order valence-electron chi connectivity index (χ2n) is 4.92. The molecule has 0 fully saturated rings. The fourth-order valence-corrected chi connectivity index (χ4v) is 3.07. The van der Waals surface area contributed by atoms with Gasteiger partial charge in [-0.2, -0.15) is 0 Å². The molecule has 0 heterocycles. The Labute approximate surface area is 130 Å². The van der Waals surface area contributed by atoms with E-state index >= 15 is 0 Å².